The van der Waals surface area contributed by atoms with Crippen LogP contribution in [-0.2, 0) is 6.54 Å². The van der Waals surface area contributed by atoms with E-state index in [0.717, 1.165) is 22.7 Å². The van der Waals surface area contributed by atoms with Gasteiger partial charge in [-0.2, -0.15) is 0 Å². The van der Waals surface area contributed by atoms with E-state index < -0.39 is 0 Å². The van der Waals surface area contributed by atoms with E-state index in [4.69, 9.17) is 11.6 Å². The molecule has 0 aliphatic heterocycles. The number of hydrogen-bond acceptors (Lipinski definition) is 2. The van der Waals surface area contributed by atoms with E-state index in [-0.39, 0.29) is 0 Å². The molecule has 0 aromatic carbocycles. The number of rotatable bonds is 3. The SMILES string of the molecule is CC1CCC(NCc2ccc(Cl)s2)C1C. The van der Waals surface area contributed by atoms with Gasteiger partial charge in [-0.25, -0.2) is 0 Å². The van der Waals surface area contributed by atoms with Crippen LogP contribution in [0.15, 0.2) is 12.1 Å². The van der Waals surface area contributed by atoms with E-state index in [1.54, 1.807) is 11.3 Å². The number of halogens is 1. The van der Waals surface area contributed by atoms with Gasteiger partial charge in [-0.15, -0.1) is 11.3 Å². The molecule has 3 heteroatoms. The lowest BCUT2D eigenvalue weighted by molar-refractivity contribution is 0.370. The highest BCUT2D eigenvalue weighted by Crippen LogP contribution is 2.31. The van der Waals surface area contributed by atoms with Crippen LogP contribution in [0.5, 0.6) is 0 Å². The van der Waals surface area contributed by atoms with Crippen molar-refractivity contribution < 1.29 is 0 Å². The quantitative estimate of drug-likeness (QED) is 0.849. The summed E-state index contributed by atoms with van der Waals surface area (Å²) in [7, 11) is 0. The molecule has 1 aliphatic carbocycles. The zero-order valence-corrected chi connectivity index (χ0v) is 10.9. The first-order chi connectivity index (χ1) is 7.16. The predicted molar refractivity (Wildman–Crippen MR) is 67.5 cm³/mol. The Morgan fingerprint density at radius 3 is 2.73 bits per heavy atom. The van der Waals surface area contributed by atoms with Crippen molar-refractivity contribution in [2.45, 2.75) is 39.3 Å². The Bertz CT molecular complexity index is 323. The van der Waals surface area contributed by atoms with Crippen LogP contribution in [0.3, 0.4) is 0 Å². The van der Waals surface area contributed by atoms with Crippen LogP contribution >= 0.6 is 22.9 Å². The standard InChI is InChI=1S/C12H18ClNS/c1-8-3-5-11(9(8)2)14-7-10-4-6-12(13)15-10/h4,6,8-9,11,14H,3,5,7H2,1-2H3. The van der Waals surface area contributed by atoms with Crippen molar-refractivity contribution in [2.24, 2.45) is 11.8 Å². The molecule has 0 radical (unpaired) electrons. The van der Waals surface area contributed by atoms with E-state index in [9.17, 15) is 0 Å². The molecule has 1 saturated carbocycles. The minimum atomic E-state index is 0.695. The molecule has 0 amide bonds. The Labute approximate surface area is 101 Å². The predicted octanol–water partition coefficient (Wildman–Crippen LogP) is 3.93. The van der Waals surface area contributed by atoms with Crippen LogP contribution in [0.25, 0.3) is 0 Å². The monoisotopic (exact) mass is 243 g/mol. The summed E-state index contributed by atoms with van der Waals surface area (Å²) in [4.78, 5) is 1.34. The number of hydrogen-bond donors (Lipinski definition) is 1. The molecular formula is C12H18ClNS. The topological polar surface area (TPSA) is 12.0 Å². The third-order valence-corrected chi connectivity index (χ3v) is 4.86. The smallest absolute Gasteiger partial charge is 0.0931 e. The van der Waals surface area contributed by atoms with E-state index in [1.807, 2.05) is 6.07 Å². The number of thiophene rings is 1. The van der Waals surface area contributed by atoms with Gasteiger partial charge in [0.2, 0.25) is 0 Å². The van der Waals surface area contributed by atoms with Gasteiger partial charge in [0.1, 0.15) is 0 Å². The van der Waals surface area contributed by atoms with Gasteiger partial charge >= 0.3 is 0 Å². The minimum Gasteiger partial charge on any atom is -0.309 e. The third-order valence-electron chi connectivity index (χ3n) is 3.63. The summed E-state index contributed by atoms with van der Waals surface area (Å²) in [6.45, 7) is 5.68. The van der Waals surface area contributed by atoms with E-state index in [2.05, 4.69) is 25.2 Å². The summed E-state index contributed by atoms with van der Waals surface area (Å²) in [6.07, 6.45) is 2.69. The van der Waals surface area contributed by atoms with Crippen molar-refractivity contribution in [1.29, 1.82) is 0 Å². The summed E-state index contributed by atoms with van der Waals surface area (Å²) >= 11 is 7.57. The van der Waals surface area contributed by atoms with Gasteiger partial charge < -0.3 is 5.32 Å². The Kier molecular flexibility index (Phi) is 3.70. The van der Waals surface area contributed by atoms with Crippen molar-refractivity contribution in [3.05, 3.63) is 21.3 Å². The van der Waals surface area contributed by atoms with Crippen LogP contribution in [0.2, 0.25) is 4.34 Å². The number of nitrogens with one attached hydrogen (secondary N) is 1. The highest BCUT2D eigenvalue weighted by atomic mass is 35.5. The first-order valence-corrected chi connectivity index (χ1v) is 6.84. The Morgan fingerprint density at radius 1 is 1.40 bits per heavy atom. The fourth-order valence-corrected chi connectivity index (χ4v) is 3.37. The van der Waals surface area contributed by atoms with Crippen molar-refractivity contribution in [2.75, 3.05) is 0 Å². The van der Waals surface area contributed by atoms with Gasteiger partial charge in [0.05, 0.1) is 4.34 Å². The van der Waals surface area contributed by atoms with Crippen LogP contribution in [0.4, 0.5) is 0 Å². The lowest BCUT2D eigenvalue weighted by atomic mass is 9.98. The van der Waals surface area contributed by atoms with Crippen LogP contribution in [0.1, 0.15) is 31.6 Å². The molecule has 1 aromatic rings. The van der Waals surface area contributed by atoms with Crippen LogP contribution in [0, 0.1) is 11.8 Å². The molecule has 0 saturated heterocycles. The molecule has 1 fully saturated rings. The first-order valence-electron chi connectivity index (χ1n) is 5.64. The van der Waals surface area contributed by atoms with Gasteiger partial charge in [0, 0.05) is 17.5 Å². The Balaban J connectivity index is 1.83. The molecule has 0 spiro atoms. The lowest BCUT2D eigenvalue weighted by Gasteiger charge is -2.19. The van der Waals surface area contributed by atoms with Crippen molar-refractivity contribution in [3.63, 3.8) is 0 Å². The van der Waals surface area contributed by atoms with Gasteiger partial charge in [-0.1, -0.05) is 25.4 Å². The van der Waals surface area contributed by atoms with E-state index in [0.29, 0.717) is 6.04 Å². The maximum atomic E-state index is 5.90. The minimum absolute atomic E-state index is 0.695. The molecule has 1 aromatic heterocycles. The summed E-state index contributed by atoms with van der Waals surface area (Å²) in [5, 5.41) is 3.64. The van der Waals surface area contributed by atoms with Crippen LogP contribution < -0.4 is 5.32 Å². The van der Waals surface area contributed by atoms with Crippen molar-refractivity contribution in [3.8, 4) is 0 Å². The molecule has 1 aliphatic rings. The molecule has 3 unspecified atom stereocenters. The molecule has 15 heavy (non-hydrogen) atoms. The molecule has 1 heterocycles. The average molecular weight is 244 g/mol. The average Bonchev–Trinajstić information content (AvgIpc) is 2.74. The van der Waals surface area contributed by atoms with Gasteiger partial charge in [-0.3, -0.25) is 0 Å². The maximum Gasteiger partial charge on any atom is 0.0931 e. The Hall–Kier alpha value is -0.0500. The fourth-order valence-electron chi connectivity index (χ4n) is 2.33. The summed E-state index contributed by atoms with van der Waals surface area (Å²) < 4.78 is 0.889. The second kappa shape index (κ2) is 4.86. The van der Waals surface area contributed by atoms with E-state index >= 15 is 0 Å². The normalized spacial score (nSPS) is 31.0. The van der Waals surface area contributed by atoms with Gasteiger partial charge in [0.15, 0.2) is 0 Å². The largest absolute Gasteiger partial charge is 0.309 e. The molecule has 1 N–H and O–H groups in total. The summed E-state index contributed by atoms with van der Waals surface area (Å²) in [6, 6.07) is 4.79. The molecular weight excluding hydrogens is 226 g/mol. The second-order valence-corrected chi connectivity index (χ2v) is 6.41. The molecule has 2 rings (SSSR count). The van der Waals surface area contributed by atoms with Crippen LogP contribution in [-0.4, -0.2) is 6.04 Å². The maximum absolute atomic E-state index is 5.90. The zero-order chi connectivity index (χ0) is 10.8. The lowest BCUT2D eigenvalue weighted by Crippen LogP contribution is -2.31. The highest BCUT2D eigenvalue weighted by molar-refractivity contribution is 7.16. The molecule has 1 nitrogen and oxygen atoms in total. The summed E-state index contributed by atoms with van der Waals surface area (Å²) in [5.41, 5.74) is 0. The zero-order valence-electron chi connectivity index (χ0n) is 9.29. The Morgan fingerprint density at radius 2 is 2.20 bits per heavy atom. The highest BCUT2D eigenvalue weighted by Gasteiger charge is 2.28. The molecule has 84 valence electrons. The first kappa shape index (κ1) is 11.4. The van der Waals surface area contributed by atoms with E-state index in [1.165, 1.54) is 17.7 Å². The van der Waals surface area contributed by atoms with Gasteiger partial charge in [-0.05, 0) is 36.8 Å². The summed E-state index contributed by atoms with van der Waals surface area (Å²) in [5.74, 6) is 1.68. The molecule has 3 atom stereocenters. The third kappa shape index (κ3) is 2.74. The van der Waals surface area contributed by atoms with Gasteiger partial charge in [0.25, 0.3) is 0 Å². The fraction of sp³-hybridized carbons (Fsp3) is 0.667. The molecule has 0 bridgehead atoms. The second-order valence-electron chi connectivity index (χ2n) is 4.61. The van der Waals surface area contributed by atoms with Crippen molar-refractivity contribution in [1.82, 2.24) is 5.32 Å². The van der Waals surface area contributed by atoms with Crippen molar-refractivity contribution >= 4 is 22.9 Å².